The minimum atomic E-state index is 0.701. The molecule has 106 valence electrons. The van der Waals surface area contributed by atoms with E-state index in [4.69, 9.17) is 5.73 Å². The van der Waals surface area contributed by atoms with Crippen LogP contribution in [0.1, 0.15) is 28.9 Å². The fourth-order valence-corrected chi connectivity index (χ4v) is 2.85. The van der Waals surface area contributed by atoms with Gasteiger partial charge in [0.15, 0.2) is 5.82 Å². The standard InChI is InChI=1S/C16H20BrN3/c1-10-9-13(17)6-7-14(10)16-19-11(2)15(5-4-8-18)12(3)20-16/h6-7,9H,4-5,8,18H2,1-3H3. The summed E-state index contributed by atoms with van der Waals surface area (Å²) in [6.45, 7) is 6.89. The highest BCUT2D eigenvalue weighted by Crippen LogP contribution is 2.25. The van der Waals surface area contributed by atoms with Gasteiger partial charge in [-0.15, -0.1) is 0 Å². The van der Waals surface area contributed by atoms with Crippen LogP contribution in [0.3, 0.4) is 0 Å². The topological polar surface area (TPSA) is 51.8 Å². The molecule has 0 fully saturated rings. The predicted molar refractivity (Wildman–Crippen MR) is 86.8 cm³/mol. The molecule has 3 nitrogen and oxygen atoms in total. The maximum Gasteiger partial charge on any atom is 0.159 e. The SMILES string of the molecule is Cc1cc(Br)ccc1-c1nc(C)c(CCCN)c(C)n1. The van der Waals surface area contributed by atoms with Crippen molar-refractivity contribution in [3.05, 3.63) is 45.2 Å². The summed E-state index contributed by atoms with van der Waals surface area (Å²) >= 11 is 3.49. The number of aryl methyl sites for hydroxylation is 3. The molecule has 0 spiro atoms. The second-order valence-corrected chi connectivity index (χ2v) is 5.96. The molecule has 2 rings (SSSR count). The third kappa shape index (κ3) is 3.25. The average molecular weight is 334 g/mol. The lowest BCUT2D eigenvalue weighted by Crippen LogP contribution is -2.06. The zero-order chi connectivity index (χ0) is 14.7. The number of nitrogens with zero attached hydrogens (tertiary/aromatic N) is 2. The van der Waals surface area contributed by atoms with E-state index >= 15 is 0 Å². The van der Waals surface area contributed by atoms with Crippen molar-refractivity contribution >= 4 is 15.9 Å². The van der Waals surface area contributed by atoms with E-state index in [1.54, 1.807) is 0 Å². The molecule has 0 amide bonds. The molecule has 2 aromatic rings. The fraction of sp³-hybridized carbons (Fsp3) is 0.375. The van der Waals surface area contributed by atoms with Crippen molar-refractivity contribution in [1.29, 1.82) is 0 Å². The minimum absolute atomic E-state index is 0.701. The first-order chi connectivity index (χ1) is 9.52. The molecule has 2 N–H and O–H groups in total. The van der Waals surface area contributed by atoms with E-state index in [0.717, 1.165) is 40.1 Å². The maximum atomic E-state index is 5.59. The molecule has 0 aliphatic carbocycles. The Morgan fingerprint density at radius 3 is 2.30 bits per heavy atom. The van der Waals surface area contributed by atoms with E-state index in [9.17, 15) is 0 Å². The highest BCUT2D eigenvalue weighted by Gasteiger charge is 2.11. The lowest BCUT2D eigenvalue weighted by Gasteiger charge is -2.12. The van der Waals surface area contributed by atoms with E-state index in [1.807, 2.05) is 6.07 Å². The van der Waals surface area contributed by atoms with Gasteiger partial charge >= 0.3 is 0 Å². The molecule has 0 bridgehead atoms. The van der Waals surface area contributed by atoms with Crippen LogP contribution in [-0.4, -0.2) is 16.5 Å². The van der Waals surface area contributed by atoms with Gasteiger partial charge in [-0.1, -0.05) is 15.9 Å². The second kappa shape index (κ2) is 6.46. The molecule has 0 aliphatic heterocycles. The quantitative estimate of drug-likeness (QED) is 0.927. The van der Waals surface area contributed by atoms with Crippen molar-refractivity contribution in [2.45, 2.75) is 33.6 Å². The first-order valence-corrected chi connectivity index (χ1v) is 7.63. The van der Waals surface area contributed by atoms with Crippen molar-refractivity contribution in [3.63, 3.8) is 0 Å². The Morgan fingerprint density at radius 1 is 1.10 bits per heavy atom. The van der Waals surface area contributed by atoms with Crippen LogP contribution in [0.15, 0.2) is 22.7 Å². The summed E-state index contributed by atoms with van der Waals surface area (Å²) < 4.78 is 1.08. The van der Waals surface area contributed by atoms with Gasteiger partial charge in [-0.3, -0.25) is 0 Å². The minimum Gasteiger partial charge on any atom is -0.330 e. The number of hydrogen-bond donors (Lipinski definition) is 1. The molecule has 0 saturated heterocycles. The van der Waals surface area contributed by atoms with Crippen LogP contribution in [-0.2, 0) is 6.42 Å². The van der Waals surface area contributed by atoms with Crippen molar-refractivity contribution in [1.82, 2.24) is 9.97 Å². The Hall–Kier alpha value is -1.26. The molecule has 0 unspecified atom stereocenters. The zero-order valence-corrected chi connectivity index (χ0v) is 13.8. The fourth-order valence-electron chi connectivity index (χ4n) is 2.38. The average Bonchev–Trinajstić information content (AvgIpc) is 2.37. The third-order valence-corrected chi connectivity index (χ3v) is 3.97. The molecule has 0 atom stereocenters. The smallest absolute Gasteiger partial charge is 0.159 e. The predicted octanol–water partition coefficient (Wildman–Crippen LogP) is 3.72. The monoisotopic (exact) mass is 333 g/mol. The largest absolute Gasteiger partial charge is 0.330 e. The molecule has 0 aliphatic rings. The van der Waals surface area contributed by atoms with Gasteiger partial charge in [-0.25, -0.2) is 9.97 Å². The number of halogens is 1. The van der Waals surface area contributed by atoms with Crippen molar-refractivity contribution in [2.24, 2.45) is 5.73 Å². The molecule has 1 heterocycles. The van der Waals surface area contributed by atoms with E-state index in [0.29, 0.717) is 6.54 Å². The summed E-state index contributed by atoms with van der Waals surface area (Å²) in [7, 11) is 0. The van der Waals surface area contributed by atoms with E-state index < -0.39 is 0 Å². The van der Waals surface area contributed by atoms with E-state index in [2.05, 4.69) is 58.8 Å². The van der Waals surface area contributed by atoms with Gasteiger partial charge in [0.25, 0.3) is 0 Å². The van der Waals surface area contributed by atoms with Crippen LogP contribution in [0.2, 0.25) is 0 Å². The van der Waals surface area contributed by atoms with Crippen molar-refractivity contribution in [2.75, 3.05) is 6.54 Å². The Balaban J connectivity index is 2.44. The van der Waals surface area contributed by atoms with Gasteiger partial charge < -0.3 is 5.73 Å². The van der Waals surface area contributed by atoms with Crippen molar-refractivity contribution in [3.8, 4) is 11.4 Å². The van der Waals surface area contributed by atoms with Gasteiger partial charge in [0.2, 0.25) is 0 Å². The summed E-state index contributed by atoms with van der Waals surface area (Å²) in [6, 6.07) is 6.18. The van der Waals surface area contributed by atoms with Gasteiger partial charge in [-0.2, -0.15) is 0 Å². The number of benzene rings is 1. The normalized spacial score (nSPS) is 10.8. The summed E-state index contributed by atoms with van der Waals surface area (Å²) in [5.74, 6) is 0.807. The first kappa shape index (κ1) is 15.1. The van der Waals surface area contributed by atoms with Crippen molar-refractivity contribution < 1.29 is 0 Å². The maximum absolute atomic E-state index is 5.59. The molecule has 4 heteroatoms. The van der Waals surface area contributed by atoms with Crippen LogP contribution in [0.4, 0.5) is 0 Å². The van der Waals surface area contributed by atoms with E-state index in [1.165, 1.54) is 11.1 Å². The molecule has 1 aromatic heterocycles. The van der Waals surface area contributed by atoms with Crippen LogP contribution >= 0.6 is 15.9 Å². The molecule has 0 saturated carbocycles. The summed E-state index contributed by atoms with van der Waals surface area (Å²) in [4.78, 5) is 9.36. The van der Waals surface area contributed by atoms with Crippen LogP contribution in [0.25, 0.3) is 11.4 Å². The zero-order valence-electron chi connectivity index (χ0n) is 12.2. The highest BCUT2D eigenvalue weighted by atomic mass is 79.9. The Bertz CT molecular complexity index is 600. The second-order valence-electron chi connectivity index (χ2n) is 5.05. The summed E-state index contributed by atoms with van der Waals surface area (Å²) in [6.07, 6.45) is 1.93. The van der Waals surface area contributed by atoms with Crippen LogP contribution < -0.4 is 5.73 Å². The van der Waals surface area contributed by atoms with Gasteiger partial charge in [0, 0.05) is 21.4 Å². The number of nitrogens with two attached hydrogens (primary N) is 1. The molecule has 0 radical (unpaired) electrons. The van der Waals surface area contributed by atoms with Gasteiger partial charge in [0.05, 0.1) is 0 Å². The number of hydrogen-bond acceptors (Lipinski definition) is 3. The Kier molecular flexibility index (Phi) is 4.89. The first-order valence-electron chi connectivity index (χ1n) is 6.83. The Labute approximate surface area is 128 Å². The molecule has 20 heavy (non-hydrogen) atoms. The summed E-state index contributed by atoms with van der Waals surface area (Å²) in [5, 5.41) is 0. The number of rotatable bonds is 4. The lowest BCUT2D eigenvalue weighted by molar-refractivity contribution is 0.806. The van der Waals surface area contributed by atoms with Gasteiger partial charge in [-0.05, 0) is 69.5 Å². The lowest BCUT2D eigenvalue weighted by atomic mass is 10.0. The summed E-state index contributed by atoms with van der Waals surface area (Å²) in [5.41, 5.74) is 11.2. The van der Waals surface area contributed by atoms with Gasteiger partial charge in [0.1, 0.15) is 0 Å². The van der Waals surface area contributed by atoms with Crippen LogP contribution in [0.5, 0.6) is 0 Å². The Morgan fingerprint density at radius 2 is 1.75 bits per heavy atom. The van der Waals surface area contributed by atoms with E-state index in [-0.39, 0.29) is 0 Å². The van der Waals surface area contributed by atoms with Crippen LogP contribution in [0, 0.1) is 20.8 Å². The number of aromatic nitrogens is 2. The molecule has 1 aromatic carbocycles. The molecular formula is C16H20BrN3. The molecular weight excluding hydrogens is 314 g/mol. The highest BCUT2D eigenvalue weighted by molar-refractivity contribution is 9.10. The third-order valence-electron chi connectivity index (χ3n) is 3.48.